The molecule has 1 saturated carbocycles. The van der Waals surface area contributed by atoms with Crippen LogP contribution in [-0.4, -0.2) is 55.7 Å². The zero-order valence-corrected chi connectivity index (χ0v) is 10.9. The number of thiol groups is 1. The van der Waals surface area contributed by atoms with E-state index in [0.29, 0.717) is 6.42 Å². The first kappa shape index (κ1) is 12.8. The maximum absolute atomic E-state index is 11.8. The number of nitrogens with zero attached hydrogens (tertiary/aromatic N) is 2. The standard InChI is InChI=1S/C11H22N2OS/c1-12(2)6-7-13(3)10(14)8-11(9-15)4-5-11/h15H,4-9H2,1-3H3. The van der Waals surface area contributed by atoms with Crippen LogP contribution in [-0.2, 0) is 4.79 Å². The minimum Gasteiger partial charge on any atom is -0.344 e. The molecule has 1 aliphatic carbocycles. The number of rotatable bonds is 6. The molecule has 0 heterocycles. The van der Waals surface area contributed by atoms with Crippen LogP contribution in [0.25, 0.3) is 0 Å². The van der Waals surface area contributed by atoms with Gasteiger partial charge in [0.05, 0.1) is 0 Å². The predicted octanol–water partition coefficient (Wildman–Crippen LogP) is 1.11. The Labute approximate surface area is 98.2 Å². The third-order valence-electron chi connectivity index (χ3n) is 3.13. The minimum absolute atomic E-state index is 0.243. The third kappa shape index (κ3) is 4.03. The third-order valence-corrected chi connectivity index (χ3v) is 3.80. The first-order chi connectivity index (χ1) is 6.99. The molecule has 1 amide bonds. The van der Waals surface area contributed by atoms with Crippen LogP contribution in [0.4, 0.5) is 0 Å². The van der Waals surface area contributed by atoms with E-state index in [4.69, 9.17) is 0 Å². The number of carbonyl (C=O) groups is 1. The lowest BCUT2D eigenvalue weighted by molar-refractivity contribution is -0.131. The molecule has 0 N–H and O–H groups in total. The highest BCUT2D eigenvalue weighted by molar-refractivity contribution is 7.80. The molecule has 1 rings (SSSR count). The van der Waals surface area contributed by atoms with E-state index in [2.05, 4.69) is 17.5 Å². The summed E-state index contributed by atoms with van der Waals surface area (Å²) in [6.45, 7) is 1.74. The Morgan fingerprint density at radius 2 is 1.87 bits per heavy atom. The van der Waals surface area contributed by atoms with Crippen molar-refractivity contribution in [1.29, 1.82) is 0 Å². The Morgan fingerprint density at radius 3 is 2.27 bits per heavy atom. The number of hydrogen-bond donors (Lipinski definition) is 1. The second-order valence-corrected chi connectivity index (χ2v) is 5.27. The maximum Gasteiger partial charge on any atom is 0.222 e. The van der Waals surface area contributed by atoms with Crippen molar-refractivity contribution in [2.45, 2.75) is 19.3 Å². The summed E-state index contributed by atoms with van der Waals surface area (Å²) in [5.74, 6) is 1.11. The van der Waals surface area contributed by atoms with Crippen LogP contribution in [0.3, 0.4) is 0 Å². The van der Waals surface area contributed by atoms with Gasteiger partial charge in [0.15, 0.2) is 0 Å². The first-order valence-corrected chi connectivity index (χ1v) is 6.12. The Balaban J connectivity index is 2.27. The quantitative estimate of drug-likeness (QED) is 0.691. The van der Waals surface area contributed by atoms with Crippen LogP contribution in [0.15, 0.2) is 0 Å². The highest BCUT2D eigenvalue weighted by atomic mass is 32.1. The molecule has 0 radical (unpaired) electrons. The van der Waals surface area contributed by atoms with Crippen LogP contribution < -0.4 is 0 Å². The largest absolute Gasteiger partial charge is 0.344 e. The van der Waals surface area contributed by atoms with Crippen LogP contribution in [0.1, 0.15) is 19.3 Å². The molecule has 0 aliphatic heterocycles. The fourth-order valence-corrected chi connectivity index (χ4v) is 1.93. The molecule has 1 aliphatic rings. The molecule has 1 fully saturated rings. The van der Waals surface area contributed by atoms with Gasteiger partial charge in [0.1, 0.15) is 0 Å². The summed E-state index contributed by atoms with van der Waals surface area (Å²) in [6.07, 6.45) is 3.02. The summed E-state index contributed by atoms with van der Waals surface area (Å²) in [6, 6.07) is 0. The van der Waals surface area contributed by atoms with Crippen molar-refractivity contribution in [3.63, 3.8) is 0 Å². The molecular weight excluding hydrogens is 208 g/mol. The van der Waals surface area contributed by atoms with Crippen LogP contribution in [0.2, 0.25) is 0 Å². The molecule has 88 valence electrons. The average Bonchev–Trinajstić information content (AvgIpc) is 2.94. The molecule has 0 atom stereocenters. The van der Waals surface area contributed by atoms with Crippen molar-refractivity contribution in [3.8, 4) is 0 Å². The Hall–Kier alpha value is -0.220. The zero-order valence-electron chi connectivity index (χ0n) is 9.99. The second-order valence-electron chi connectivity index (χ2n) is 4.95. The summed E-state index contributed by atoms with van der Waals surface area (Å²) in [4.78, 5) is 15.8. The second kappa shape index (κ2) is 5.21. The van der Waals surface area contributed by atoms with Gasteiger partial charge in [-0.2, -0.15) is 12.6 Å². The fraction of sp³-hybridized carbons (Fsp3) is 0.909. The Bertz CT molecular complexity index is 227. The minimum atomic E-state index is 0.243. The van der Waals surface area contributed by atoms with Gasteiger partial charge >= 0.3 is 0 Å². The summed E-state index contributed by atoms with van der Waals surface area (Å²) >= 11 is 4.31. The van der Waals surface area contributed by atoms with E-state index in [1.54, 1.807) is 0 Å². The summed E-state index contributed by atoms with van der Waals surface area (Å²) in [7, 11) is 5.93. The predicted molar refractivity (Wildman–Crippen MR) is 66.3 cm³/mol. The van der Waals surface area contributed by atoms with Gasteiger partial charge in [-0.3, -0.25) is 4.79 Å². The van der Waals surface area contributed by atoms with Crippen LogP contribution in [0.5, 0.6) is 0 Å². The van der Waals surface area contributed by atoms with Crippen LogP contribution >= 0.6 is 12.6 Å². The van der Waals surface area contributed by atoms with Gasteiger partial charge in [-0.25, -0.2) is 0 Å². The molecule has 0 saturated heterocycles. The van der Waals surface area contributed by atoms with Crippen molar-refractivity contribution in [2.75, 3.05) is 40.0 Å². The van der Waals surface area contributed by atoms with E-state index in [1.165, 1.54) is 12.8 Å². The van der Waals surface area contributed by atoms with Crippen molar-refractivity contribution in [2.24, 2.45) is 5.41 Å². The number of likely N-dealkylation sites (N-methyl/N-ethyl adjacent to an activating group) is 2. The molecule has 0 aromatic rings. The topological polar surface area (TPSA) is 23.6 Å². The molecule has 3 nitrogen and oxygen atoms in total. The molecule has 15 heavy (non-hydrogen) atoms. The van der Waals surface area contributed by atoms with Crippen LogP contribution in [0, 0.1) is 5.41 Å². The summed E-state index contributed by atoms with van der Waals surface area (Å²) in [5.41, 5.74) is 0.243. The van der Waals surface area contributed by atoms with E-state index in [9.17, 15) is 4.79 Å². The maximum atomic E-state index is 11.8. The lowest BCUT2D eigenvalue weighted by Crippen LogP contribution is -2.34. The molecule has 0 bridgehead atoms. The fourth-order valence-electron chi connectivity index (χ4n) is 1.50. The Kier molecular flexibility index (Phi) is 4.46. The molecule has 0 aromatic carbocycles. The van der Waals surface area contributed by atoms with E-state index in [1.807, 2.05) is 26.0 Å². The average molecular weight is 230 g/mol. The number of carbonyl (C=O) groups excluding carboxylic acids is 1. The van der Waals surface area contributed by atoms with Crippen molar-refractivity contribution in [3.05, 3.63) is 0 Å². The van der Waals surface area contributed by atoms with Gasteiger partial charge in [0.2, 0.25) is 5.91 Å². The van der Waals surface area contributed by atoms with E-state index >= 15 is 0 Å². The SMILES string of the molecule is CN(C)CCN(C)C(=O)CC1(CS)CC1. The van der Waals surface area contributed by atoms with E-state index < -0.39 is 0 Å². The monoisotopic (exact) mass is 230 g/mol. The molecule has 0 spiro atoms. The molecule has 0 unspecified atom stereocenters. The molecular formula is C11H22N2OS. The summed E-state index contributed by atoms with van der Waals surface area (Å²) in [5, 5.41) is 0. The van der Waals surface area contributed by atoms with Crippen molar-refractivity contribution in [1.82, 2.24) is 9.80 Å². The highest BCUT2D eigenvalue weighted by Crippen LogP contribution is 2.49. The molecule has 0 aromatic heterocycles. The van der Waals surface area contributed by atoms with Gasteiger partial charge in [-0.1, -0.05) is 0 Å². The normalized spacial score (nSPS) is 17.9. The lowest BCUT2D eigenvalue weighted by atomic mass is 10.0. The van der Waals surface area contributed by atoms with Gasteiger partial charge in [0, 0.05) is 26.6 Å². The zero-order chi connectivity index (χ0) is 11.5. The van der Waals surface area contributed by atoms with Crippen molar-refractivity contribution < 1.29 is 4.79 Å². The van der Waals surface area contributed by atoms with Gasteiger partial charge in [-0.15, -0.1) is 0 Å². The first-order valence-electron chi connectivity index (χ1n) is 5.49. The molecule has 4 heteroatoms. The smallest absolute Gasteiger partial charge is 0.222 e. The van der Waals surface area contributed by atoms with Gasteiger partial charge in [0.25, 0.3) is 0 Å². The van der Waals surface area contributed by atoms with Gasteiger partial charge in [-0.05, 0) is 38.1 Å². The Morgan fingerprint density at radius 1 is 1.27 bits per heavy atom. The highest BCUT2D eigenvalue weighted by Gasteiger charge is 2.43. The lowest BCUT2D eigenvalue weighted by Gasteiger charge is -2.22. The van der Waals surface area contributed by atoms with Crippen molar-refractivity contribution >= 4 is 18.5 Å². The van der Waals surface area contributed by atoms with Gasteiger partial charge < -0.3 is 9.80 Å². The number of hydrogen-bond acceptors (Lipinski definition) is 3. The number of amides is 1. The van der Waals surface area contributed by atoms with E-state index in [0.717, 1.165) is 18.8 Å². The van der Waals surface area contributed by atoms with E-state index in [-0.39, 0.29) is 11.3 Å². The summed E-state index contributed by atoms with van der Waals surface area (Å²) < 4.78 is 0.